The number of phenols is 1. The number of benzene rings is 2. The molecular weight excluding hydrogens is 314 g/mol. The largest absolute Gasteiger partial charge is 0.508 e. The SMILES string of the molecule is O=C(NCCC=Cc1ccc(O)cc1Cl)OCc1ccccc1. The number of amides is 1. The van der Waals surface area contributed by atoms with Crippen LogP contribution in [0.25, 0.3) is 6.08 Å². The predicted octanol–water partition coefficient (Wildman–Crippen LogP) is 4.38. The number of carbonyl (C=O) groups is 1. The zero-order valence-corrected chi connectivity index (χ0v) is 13.3. The fourth-order valence-corrected chi connectivity index (χ4v) is 2.13. The second-order valence-electron chi connectivity index (χ2n) is 4.89. The molecule has 2 N–H and O–H groups in total. The molecule has 0 unspecified atom stereocenters. The lowest BCUT2D eigenvalue weighted by Crippen LogP contribution is -2.24. The highest BCUT2D eigenvalue weighted by molar-refractivity contribution is 6.32. The van der Waals surface area contributed by atoms with E-state index in [2.05, 4.69) is 5.32 Å². The topological polar surface area (TPSA) is 58.6 Å². The first-order valence-electron chi connectivity index (χ1n) is 7.25. The van der Waals surface area contributed by atoms with Gasteiger partial charge in [0.15, 0.2) is 0 Å². The van der Waals surface area contributed by atoms with Gasteiger partial charge in [0.2, 0.25) is 0 Å². The lowest BCUT2D eigenvalue weighted by atomic mass is 10.2. The second-order valence-corrected chi connectivity index (χ2v) is 5.29. The number of nitrogens with one attached hydrogen (secondary N) is 1. The summed E-state index contributed by atoms with van der Waals surface area (Å²) in [7, 11) is 0. The first kappa shape index (κ1) is 16.9. The number of rotatable bonds is 6. The molecule has 0 aliphatic rings. The summed E-state index contributed by atoms with van der Waals surface area (Å²) in [6.07, 6.45) is 3.96. The third-order valence-electron chi connectivity index (χ3n) is 3.07. The molecular formula is C18H18ClNO3. The van der Waals surface area contributed by atoms with E-state index < -0.39 is 6.09 Å². The Balaban J connectivity index is 1.66. The average molecular weight is 332 g/mol. The predicted molar refractivity (Wildman–Crippen MR) is 91.4 cm³/mol. The van der Waals surface area contributed by atoms with Gasteiger partial charge in [-0.3, -0.25) is 0 Å². The van der Waals surface area contributed by atoms with Gasteiger partial charge in [-0.05, 0) is 35.7 Å². The second kappa shape index (κ2) is 8.86. The maximum Gasteiger partial charge on any atom is 0.407 e. The van der Waals surface area contributed by atoms with Gasteiger partial charge < -0.3 is 15.2 Å². The highest BCUT2D eigenvalue weighted by Crippen LogP contribution is 2.22. The normalized spacial score (nSPS) is 10.7. The molecule has 1 amide bonds. The summed E-state index contributed by atoms with van der Waals surface area (Å²) in [4.78, 5) is 11.5. The minimum Gasteiger partial charge on any atom is -0.508 e. The molecule has 5 heteroatoms. The lowest BCUT2D eigenvalue weighted by molar-refractivity contribution is 0.140. The van der Waals surface area contributed by atoms with Crippen LogP contribution in [-0.4, -0.2) is 17.7 Å². The van der Waals surface area contributed by atoms with Gasteiger partial charge in [-0.2, -0.15) is 0 Å². The maximum absolute atomic E-state index is 11.5. The van der Waals surface area contributed by atoms with Gasteiger partial charge >= 0.3 is 6.09 Å². The Morgan fingerprint density at radius 3 is 2.74 bits per heavy atom. The molecule has 4 nitrogen and oxygen atoms in total. The minimum atomic E-state index is -0.440. The highest BCUT2D eigenvalue weighted by atomic mass is 35.5. The summed E-state index contributed by atoms with van der Waals surface area (Å²) in [5.41, 5.74) is 1.76. The van der Waals surface area contributed by atoms with E-state index in [1.54, 1.807) is 12.1 Å². The third-order valence-corrected chi connectivity index (χ3v) is 3.40. The van der Waals surface area contributed by atoms with Crippen LogP contribution >= 0.6 is 11.6 Å². The molecule has 120 valence electrons. The van der Waals surface area contributed by atoms with Gasteiger partial charge in [0.25, 0.3) is 0 Å². The van der Waals surface area contributed by atoms with Crippen molar-refractivity contribution in [2.24, 2.45) is 0 Å². The molecule has 2 rings (SSSR count). The van der Waals surface area contributed by atoms with Crippen LogP contribution in [-0.2, 0) is 11.3 Å². The van der Waals surface area contributed by atoms with E-state index in [0.29, 0.717) is 18.0 Å². The summed E-state index contributed by atoms with van der Waals surface area (Å²) in [5, 5.41) is 12.4. The monoisotopic (exact) mass is 331 g/mol. The lowest BCUT2D eigenvalue weighted by Gasteiger charge is -2.06. The molecule has 0 bridgehead atoms. The molecule has 0 heterocycles. The molecule has 23 heavy (non-hydrogen) atoms. The van der Waals surface area contributed by atoms with Crippen LogP contribution in [0.1, 0.15) is 17.5 Å². The number of carbonyl (C=O) groups excluding carboxylic acids is 1. The molecule has 0 spiro atoms. The van der Waals surface area contributed by atoms with Crippen molar-refractivity contribution in [3.8, 4) is 5.75 Å². The molecule has 0 saturated heterocycles. The smallest absolute Gasteiger partial charge is 0.407 e. The summed E-state index contributed by atoms with van der Waals surface area (Å²) >= 11 is 5.99. The Hall–Kier alpha value is -2.46. The van der Waals surface area contributed by atoms with Crippen molar-refractivity contribution in [3.05, 3.63) is 70.8 Å². The fourth-order valence-electron chi connectivity index (χ4n) is 1.89. The van der Waals surface area contributed by atoms with Crippen molar-refractivity contribution < 1.29 is 14.6 Å². The van der Waals surface area contributed by atoms with Crippen molar-refractivity contribution >= 4 is 23.8 Å². The zero-order valence-electron chi connectivity index (χ0n) is 12.5. The van der Waals surface area contributed by atoms with Crippen LogP contribution in [0.3, 0.4) is 0 Å². The minimum absolute atomic E-state index is 0.134. The number of halogens is 1. The molecule has 0 fully saturated rings. The van der Waals surface area contributed by atoms with Crippen LogP contribution in [0, 0.1) is 0 Å². The van der Waals surface area contributed by atoms with E-state index in [4.69, 9.17) is 16.3 Å². The Kier molecular flexibility index (Phi) is 6.51. The molecule has 0 atom stereocenters. The highest BCUT2D eigenvalue weighted by Gasteiger charge is 2.01. The van der Waals surface area contributed by atoms with Crippen LogP contribution < -0.4 is 5.32 Å². The van der Waals surface area contributed by atoms with Crippen molar-refractivity contribution in [2.75, 3.05) is 6.54 Å². The number of hydrogen-bond donors (Lipinski definition) is 2. The Labute approximate surface area is 140 Å². The van der Waals surface area contributed by atoms with Crippen LogP contribution in [0.4, 0.5) is 4.79 Å². The van der Waals surface area contributed by atoms with Crippen LogP contribution in [0.15, 0.2) is 54.6 Å². The van der Waals surface area contributed by atoms with Crippen molar-refractivity contribution in [1.29, 1.82) is 0 Å². The van der Waals surface area contributed by atoms with Crippen molar-refractivity contribution in [1.82, 2.24) is 5.32 Å². The summed E-state index contributed by atoms with van der Waals surface area (Å²) < 4.78 is 5.10. The third kappa shape index (κ3) is 6.04. The van der Waals surface area contributed by atoms with Gasteiger partial charge in [-0.1, -0.05) is 54.1 Å². The molecule has 2 aromatic rings. The van der Waals surface area contributed by atoms with E-state index >= 15 is 0 Å². The van der Waals surface area contributed by atoms with Gasteiger partial charge in [0, 0.05) is 6.54 Å². The number of alkyl carbamates (subject to hydrolysis) is 1. The van der Waals surface area contributed by atoms with Crippen LogP contribution in [0.5, 0.6) is 5.75 Å². The van der Waals surface area contributed by atoms with E-state index in [9.17, 15) is 9.90 Å². The van der Waals surface area contributed by atoms with Gasteiger partial charge in [0.05, 0.1) is 5.02 Å². The first-order valence-corrected chi connectivity index (χ1v) is 7.62. The van der Waals surface area contributed by atoms with E-state index in [-0.39, 0.29) is 12.4 Å². The summed E-state index contributed by atoms with van der Waals surface area (Å²) in [6, 6.07) is 14.3. The summed E-state index contributed by atoms with van der Waals surface area (Å²) in [5.74, 6) is 0.134. The number of phenolic OH excluding ortho intramolecular Hbond substituents is 1. The van der Waals surface area contributed by atoms with Crippen molar-refractivity contribution in [2.45, 2.75) is 13.0 Å². The van der Waals surface area contributed by atoms with Crippen molar-refractivity contribution in [3.63, 3.8) is 0 Å². The number of aromatic hydroxyl groups is 1. The molecule has 2 aromatic carbocycles. The first-order chi connectivity index (χ1) is 11.1. The number of hydrogen-bond acceptors (Lipinski definition) is 3. The van der Waals surface area contributed by atoms with E-state index in [1.165, 1.54) is 6.07 Å². The fraction of sp³-hybridized carbons (Fsp3) is 0.167. The van der Waals surface area contributed by atoms with Crippen LogP contribution in [0.2, 0.25) is 5.02 Å². The average Bonchev–Trinajstić information content (AvgIpc) is 2.55. The maximum atomic E-state index is 11.5. The molecule has 0 aliphatic heterocycles. The van der Waals surface area contributed by atoms with Gasteiger partial charge in [-0.15, -0.1) is 0 Å². The molecule has 0 aliphatic carbocycles. The standard InChI is InChI=1S/C18H18ClNO3/c19-17-12-16(21)10-9-15(17)8-4-5-11-20-18(22)23-13-14-6-2-1-3-7-14/h1-4,6-10,12,21H,5,11,13H2,(H,20,22). The molecule has 0 radical (unpaired) electrons. The zero-order chi connectivity index (χ0) is 16.5. The summed E-state index contributed by atoms with van der Waals surface area (Å²) in [6.45, 7) is 0.728. The number of ether oxygens (including phenoxy) is 1. The Morgan fingerprint density at radius 2 is 2.00 bits per heavy atom. The van der Waals surface area contributed by atoms with E-state index in [1.807, 2.05) is 42.5 Å². The molecule has 0 aromatic heterocycles. The Bertz CT molecular complexity index is 671. The van der Waals surface area contributed by atoms with Gasteiger partial charge in [-0.25, -0.2) is 4.79 Å². The Morgan fingerprint density at radius 1 is 1.22 bits per heavy atom. The van der Waals surface area contributed by atoms with E-state index in [0.717, 1.165) is 11.1 Å². The van der Waals surface area contributed by atoms with Gasteiger partial charge in [0.1, 0.15) is 12.4 Å². The quantitative estimate of drug-likeness (QED) is 0.772. The molecule has 0 saturated carbocycles.